The number of rotatable bonds is 10. The van der Waals surface area contributed by atoms with Crippen LogP contribution >= 0.6 is 11.3 Å². The van der Waals surface area contributed by atoms with Crippen molar-refractivity contribution in [2.24, 2.45) is 16.8 Å². The summed E-state index contributed by atoms with van der Waals surface area (Å²) in [6.07, 6.45) is 6.75. The van der Waals surface area contributed by atoms with Gasteiger partial charge in [-0.15, -0.1) is 0 Å². The molecule has 1 unspecified atom stereocenters. The Labute approximate surface area is 189 Å². The zero-order chi connectivity index (χ0) is 22.6. The summed E-state index contributed by atoms with van der Waals surface area (Å²) in [5.74, 6) is 7.74. The molecule has 1 aliphatic rings. The molecule has 168 valence electrons. The molecule has 1 aromatic rings. The Morgan fingerprint density at radius 1 is 1.48 bits per heavy atom. The minimum Gasteiger partial charge on any atom is -0.484 e. The molecule has 0 radical (unpaired) electrons. The standard InChI is InChI=1S/C23H32N4O3S/c1-6-16(3)21(29-5)25-14-18(7-2)10-11-20-17(4)26-23(31-20)27-22(28)24-12-13-30-15-19-8-9-19/h7,14,16,19H,2,6,8-9,12-13,15H2,1,3-5H3,(H2,24,26,27,28)/b18-14+,25-21?. The van der Waals surface area contributed by atoms with Gasteiger partial charge in [0, 0.05) is 30.8 Å². The van der Waals surface area contributed by atoms with Gasteiger partial charge in [-0.1, -0.05) is 43.8 Å². The number of carbonyl (C=O) groups is 1. The number of urea groups is 1. The Morgan fingerprint density at radius 3 is 2.90 bits per heavy atom. The fraction of sp³-hybridized carbons (Fsp3) is 0.522. The second-order valence-corrected chi connectivity index (χ2v) is 8.35. The van der Waals surface area contributed by atoms with Crippen LogP contribution in [0.1, 0.15) is 43.7 Å². The van der Waals surface area contributed by atoms with Crippen molar-refractivity contribution in [1.82, 2.24) is 10.3 Å². The van der Waals surface area contributed by atoms with Crippen molar-refractivity contribution in [3.63, 3.8) is 0 Å². The van der Waals surface area contributed by atoms with Crippen LogP contribution in [-0.4, -0.2) is 43.8 Å². The lowest BCUT2D eigenvalue weighted by Crippen LogP contribution is -2.31. The molecular weight excluding hydrogens is 412 g/mol. The van der Waals surface area contributed by atoms with E-state index in [1.165, 1.54) is 24.2 Å². The highest BCUT2D eigenvalue weighted by molar-refractivity contribution is 7.16. The summed E-state index contributed by atoms with van der Waals surface area (Å²) in [6, 6.07) is -0.304. The minimum absolute atomic E-state index is 0.230. The highest BCUT2D eigenvalue weighted by Crippen LogP contribution is 2.28. The molecule has 1 fully saturated rings. The zero-order valence-corrected chi connectivity index (χ0v) is 19.6. The van der Waals surface area contributed by atoms with Gasteiger partial charge in [0.1, 0.15) is 4.88 Å². The number of amides is 2. The number of allylic oxidation sites excluding steroid dienone is 2. The van der Waals surface area contributed by atoms with Gasteiger partial charge in [0.15, 0.2) is 11.0 Å². The number of carbonyl (C=O) groups excluding carboxylic acids is 1. The van der Waals surface area contributed by atoms with Gasteiger partial charge in [0.25, 0.3) is 0 Å². The largest absolute Gasteiger partial charge is 0.484 e. The van der Waals surface area contributed by atoms with Gasteiger partial charge in [0.05, 0.1) is 19.4 Å². The van der Waals surface area contributed by atoms with Gasteiger partial charge in [-0.05, 0) is 38.0 Å². The number of aliphatic imine (C=N–C) groups is 1. The van der Waals surface area contributed by atoms with Gasteiger partial charge < -0.3 is 14.8 Å². The summed E-state index contributed by atoms with van der Waals surface area (Å²) >= 11 is 1.32. The summed E-state index contributed by atoms with van der Waals surface area (Å²) in [7, 11) is 1.62. The van der Waals surface area contributed by atoms with Crippen LogP contribution in [0.25, 0.3) is 0 Å². The van der Waals surface area contributed by atoms with Crippen molar-refractivity contribution in [2.45, 2.75) is 40.0 Å². The predicted octanol–water partition coefficient (Wildman–Crippen LogP) is 4.51. The molecule has 31 heavy (non-hydrogen) atoms. The summed E-state index contributed by atoms with van der Waals surface area (Å²) in [5, 5.41) is 6.01. The van der Waals surface area contributed by atoms with Crippen LogP contribution in [0.5, 0.6) is 0 Å². The Balaban J connectivity index is 1.91. The van der Waals surface area contributed by atoms with E-state index in [1.54, 1.807) is 19.4 Å². The van der Waals surface area contributed by atoms with Crippen molar-refractivity contribution in [1.29, 1.82) is 0 Å². The second kappa shape index (κ2) is 12.9. The summed E-state index contributed by atoms with van der Waals surface area (Å²) < 4.78 is 10.8. The third-order valence-electron chi connectivity index (χ3n) is 4.71. The Hall–Kier alpha value is -2.63. The summed E-state index contributed by atoms with van der Waals surface area (Å²) in [5.41, 5.74) is 1.42. The van der Waals surface area contributed by atoms with Gasteiger partial charge in [-0.3, -0.25) is 5.32 Å². The number of aryl methyl sites for hydroxylation is 1. The van der Waals surface area contributed by atoms with Gasteiger partial charge in [-0.2, -0.15) is 0 Å². The first-order valence-corrected chi connectivity index (χ1v) is 11.3. The molecule has 2 rings (SSSR count). The smallest absolute Gasteiger partial charge is 0.321 e. The van der Waals surface area contributed by atoms with Crippen molar-refractivity contribution in [2.75, 3.05) is 32.2 Å². The lowest BCUT2D eigenvalue weighted by atomic mass is 10.1. The van der Waals surface area contributed by atoms with Crippen LogP contribution in [0, 0.1) is 30.6 Å². The fourth-order valence-corrected chi connectivity index (χ4v) is 3.25. The molecule has 1 atom stereocenters. The first kappa shape index (κ1) is 24.6. The monoisotopic (exact) mass is 444 g/mol. The molecule has 0 saturated heterocycles. The molecule has 7 nitrogen and oxygen atoms in total. The van der Waals surface area contributed by atoms with E-state index in [0.29, 0.717) is 29.8 Å². The quantitative estimate of drug-likeness (QED) is 0.183. The molecule has 2 N–H and O–H groups in total. The lowest BCUT2D eigenvalue weighted by molar-refractivity contribution is 0.127. The fourth-order valence-electron chi connectivity index (χ4n) is 2.43. The van der Waals surface area contributed by atoms with E-state index in [-0.39, 0.29) is 11.9 Å². The maximum Gasteiger partial charge on any atom is 0.321 e. The molecule has 1 aromatic heterocycles. The Kier molecular flexibility index (Phi) is 10.3. The minimum atomic E-state index is -0.304. The van der Waals surface area contributed by atoms with Crippen LogP contribution in [0.4, 0.5) is 9.93 Å². The molecular formula is C23H32N4O3S. The molecule has 1 heterocycles. The number of aromatic nitrogens is 1. The topological polar surface area (TPSA) is 84.8 Å². The van der Waals surface area contributed by atoms with E-state index in [4.69, 9.17) is 9.47 Å². The van der Waals surface area contributed by atoms with E-state index >= 15 is 0 Å². The van der Waals surface area contributed by atoms with Crippen LogP contribution in [-0.2, 0) is 9.47 Å². The molecule has 0 aliphatic heterocycles. The third-order valence-corrected chi connectivity index (χ3v) is 5.70. The first-order chi connectivity index (χ1) is 15.0. The summed E-state index contributed by atoms with van der Waals surface area (Å²) in [4.78, 5) is 21.5. The predicted molar refractivity (Wildman–Crippen MR) is 126 cm³/mol. The van der Waals surface area contributed by atoms with Crippen molar-refractivity contribution in [3.05, 3.63) is 35.0 Å². The van der Waals surface area contributed by atoms with E-state index in [1.807, 2.05) is 6.92 Å². The number of hydrogen-bond donors (Lipinski definition) is 2. The molecule has 1 aliphatic carbocycles. The number of ether oxygens (including phenoxy) is 2. The summed E-state index contributed by atoms with van der Waals surface area (Å²) in [6.45, 7) is 11.6. The van der Waals surface area contributed by atoms with Crippen molar-refractivity contribution in [3.8, 4) is 11.8 Å². The van der Waals surface area contributed by atoms with Gasteiger partial charge >= 0.3 is 6.03 Å². The van der Waals surface area contributed by atoms with Crippen LogP contribution in [0.15, 0.2) is 29.4 Å². The molecule has 0 aromatic carbocycles. The Bertz CT molecular complexity index is 875. The van der Waals surface area contributed by atoms with Crippen molar-refractivity contribution < 1.29 is 14.3 Å². The van der Waals surface area contributed by atoms with Crippen LogP contribution < -0.4 is 10.6 Å². The SMILES string of the molecule is C=C/C(C#Cc1sc(NC(=O)NCCOCC2CC2)nc1C)=C\N=C(OC)C(C)CC. The molecule has 8 heteroatoms. The first-order valence-electron chi connectivity index (χ1n) is 10.5. The van der Waals surface area contributed by atoms with Crippen LogP contribution in [0.2, 0.25) is 0 Å². The number of nitrogens with one attached hydrogen (secondary N) is 2. The normalized spacial score (nSPS) is 15.0. The van der Waals surface area contributed by atoms with E-state index < -0.39 is 0 Å². The molecule has 1 saturated carbocycles. The van der Waals surface area contributed by atoms with E-state index in [0.717, 1.165) is 29.5 Å². The average molecular weight is 445 g/mol. The third kappa shape index (κ3) is 8.95. The Morgan fingerprint density at radius 2 is 2.26 bits per heavy atom. The number of thiazole rings is 1. The van der Waals surface area contributed by atoms with Gasteiger partial charge in [0.2, 0.25) is 0 Å². The second-order valence-electron chi connectivity index (χ2n) is 7.35. The van der Waals surface area contributed by atoms with E-state index in [9.17, 15) is 4.79 Å². The maximum atomic E-state index is 12.0. The van der Waals surface area contributed by atoms with E-state index in [2.05, 4.69) is 52.9 Å². The lowest BCUT2D eigenvalue weighted by Gasteiger charge is -2.09. The number of methoxy groups -OCH3 is 1. The average Bonchev–Trinajstić information content (AvgIpc) is 3.52. The zero-order valence-electron chi connectivity index (χ0n) is 18.8. The number of hydrogen-bond acceptors (Lipinski definition) is 6. The molecule has 2 amide bonds. The molecule has 0 spiro atoms. The number of anilines is 1. The maximum absolute atomic E-state index is 12.0. The number of nitrogens with zero attached hydrogens (tertiary/aromatic N) is 2. The molecule has 0 bridgehead atoms. The highest BCUT2D eigenvalue weighted by atomic mass is 32.1. The van der Waals surface area contributed by atoms with Crippen molar-refractivity contribution >= 4 is 28.4 Å². The van der Waals surface area contributed by atoms with Gasteiger partial charge in [-0.25, -0.2) is 14.8 Å². The highest BCUT2D eigenvalue weighted by Gasteiger charge is 2.20. The van der Waals surface area contributed by atoms with Crippen LogP contribution in [0.3, 0.4) is 0 Å².